The van der Waals surface area contributed by atoms with Crippen molar-refractivity contribution < 1.29 is 9.84 Å². The molecule has 150 valence electrons. The van der Waals surface area contributed by atoms with Crippen molar-refractivity contribution in [2.24, 2.45) is 17.8 Å². The minimum absolute atomic E-state index is 0.139. The molecule has 0 aromatic rings. The Morgan fingerprint density at radius 3 is 2.69 bits per heavy atom. The monoisotopic (exact) mass is 474 g/mol. The maximum absolute atomic E-state index is 9.04. The molecule has 0 bridgehead atoms. The maximum Gasteiger partial charge on any atom is 0.107 e. The molecule has 1 heterocycles. The van der Waals surface area contributed by atoms with Gasteiger partial charge in [-0.15, -0.1) is 6.58 Å². The van der Waals surface area contributed by atoms with E-state index in [2.05, 4.69) is 54.3 Å². The fourth-order valence-electron chi connectivity index (χ4n) is 4.38. The van der Waals surface area contributed by atoms with Crippen LogP contribution in [0.3, 0.4) is 0 Å². The lowest BCUT2D eigenvalue weighted by molar-refractivity contribution is 0.241. The maximum atomic E-state index is 9.04. The standard InChI is InChI=1S/C23H39IO2/c1-3-5-8-18(4-2)9-6-10-19-11-7-12-20(19)13-14-21(24)15-16-22-23(17-25)26-22/h4,6,10,18-23,25H,2-3,5,7-9,11-17H2,1H3/t18?,19-,20+,21?,22+,23+/m0/s1. The van der Waals surface area contributed by atoms with Crippen molar-refractivity contribution in [1.29, 1.82) is 0 Å². The van der Waals surface area contributed by atoms with Crippen LogP contribution in [0.4, 0.5) is 0 Å². The molecule has 2 rings (SSSR count). The van der Waals surface area contributed by atoms with Crippen LogP contribution in [0.2, 0.25) is 0 Å². The second-order valence-corrected chi connectivity index (χ2v) is 10.1. The van der Waals surface area contributed by atoms with Crippen LogP contribution >= 0.6 is 22.6 Å². The van der Waals surface area contributed by atoms with Gasteiger partial charge in [0, 0.05) is 3.92 Å². The van der Waals surface area contributed by atoms with Gasteiger partial charge < -0.3 is 9.84 Å². The summed E-state index contributed by atoms with van der Waals surface area (Å²) in [5.74, 6) is 2.36. The number of ether oxygens (including phenoxy) is 1. The quantitative estimate of drug-likeness (QED) is 0.136. The summed E-state index contributed by atoms with van der Waals surface area (Å²) < 4.78 is 6.19. The van der Waals surface area contributed by atoms with E-state index >= 15 is 0 Å². The van der Waals surface area contributed by atoms with Crippen molar-refractivity contribution in [2.75, 3.05) is 6.61 Å². The molecule has 1 saturated heterocycles. The van der Waals surface area contributed by atoms with Gasteiger partial charge in [0.25, 0.3) is 0 Å². The number of halogens is 1. The molecule has 0 aromatic carbocycles. The molecule has 0 aromatic heterocycles. The molecule has 6 atom stereocenters. The van der Waals surface area contributed by atoms with E-state index < -0.39 is 0 Å². The molecule has 2 nitrogen and oxygen atoms in total. The highest BCUT2D eigenvalue weighted by Gasteiger charge is 2.37. The molecular weight excluding hydrogens is 435 g/mol. The summed E-state index contributed by atoms with van der Waals surface area (Å²) in [5.41, 5.74) is 0. The van der Waals surface area contributed by atoms with Crippen LogP contribution in [0.5, 0.6) is 0 Å². The molecular formula is C23H39IO2. The third-order valence-corrected chi connectivity index (χ3v) is 7.53. The summed E-state index contributed by atoms with van der Waals surface area (Å²) in [4.78, 5) is 0. The highest BCUT2D eigenvalue weighted by molar-refractivity contribution is 14.1. The Labute approximate surface area is 175 Å². The van der Waals surface area contributed by atoms with Gasteiger partial charge in [0.1, 0.15) is 6.10 Å². The zero-order chi connectivity index (χ0) is 18.8. The molecule has 3 heteroatoms. The minimum atomic E-state index is 0.139. The topological polar surface area (TPSA) is 32.8 Å². The number of allylic oxidation sites excluding steroid dienone is 3. The van der Waals surface area contributed by atoms with Crippen LogP contribution in [-0.2, 0) is 4.74 Å². The Morgan fingerprint density at radius 2 is 2.00 bits per heavy atom. The second-order valence-electron chi connectivity index (χ2n) is 8.30. The summed E-state index contributed by atoms with van der Waals surface area (Å²) in [6.07, 6.45) is 21.9. The summed E-state index contributed by atoms with van der Waals surface area (Å²) in [7, 11) is 0. The Morgan fingerprint density at radius 1 is 1.19 bits per heavy atom. The molecule has 1 N–H and O–H groups in total. The normalized spacial score (nSPS) is 30.6. The Balaban J connectivity index is 1.63. The zero-order valence-electron chi connectivity index (χ0n) is 16.6. The van der Waals surface area contributed by atoms with Gasteiger partial charge in [0.2, 0.25) is 0 Å². The summed E-state index contributed by atoms with van der Waals surface area (Å²) in [5, 5.41) is 9.04. The lowest BCUT2D eigenvalue weighted by Gasteiger charge is -2.18. The fourth-order valence-corrected chi connectivity index (χ4v) is 5.10. The lowest BCUT2D eigenvalue weighted by atomic mass is 9.89. The number of epoxide rings is 1. The van der Waals surface area contributed by atoms with E-state index in [4.69, 9.17) is 9.84 Å². The highest BCUT2D eigenvalue weighted by atomic mass is 127. The molecule has 26 heavy (non-hydrogen) atoms. The lowest BCUT2D eigenvalue weighted by Crippen LogP contribution is -2.10. The van der Waals surface area contributed by atoms with Gasteiger partial charge in [-0.3, -0.25) is 0 Å². The van der Waals surface area contributed by atoms with Crippen molar-refractivity contribution in [1.82, 2.24) is 0 Å². The van der Waals surface area contributed by atoms with Crippen LogP contribution < -0.4 is 0 Å². The van der Waals surface area contributed by atoms with E-state index in [9.17, 15) is 0 Å². The van der Waals surface area contributed by atoms with Crippen molar-refractivity contribution in [3.05, 3.63) is 24.8 Å². The van der Waals surface area contributed by atoms with Crippen molar-refractivity contribution >= 4 is 22.6 Å². The van der Waals surface area contributed by atoms with Gasteiger partial charge in [-0.1, -0.05) is 67.0 Å². The van der Waals surface area contributed by atoms with Gasteiger partial charge in [0.15, 0.2) is 0 Å². The Bertz CT molecular complexity index is 422. The summed E-state index contributed by atoms with van der Waals surface area (Å²) in [6.45, 7) is 6.47. The van der Waals surface area contributed by atoms with Crippen molar-refractivity contribution in [3.63, 3.8) is 0 Å². The molecule has 0 amide bonds. The molecule has 1 aliphatic carbocycles. The smallest absolute Gasteiger partial charge is 0.107 e. The first-order valence-electron chi connectivity index (χ1n) is 10.9. The van der Waals surface area contributed by atoms with Crippen LogP contribution in [0.25, 0.3) is 0 Å². The zero-order valence-corrected chi connectivity index (χ0v) is 18.8. The van der Waals surface area contributed by atoms with Gasteiger partial charge >= 0.3 is 0 Å². The first kappa shape index (κ1) is 22.4. The predicted octanol–water partition coefficient (Wildman–Crippen LogP) is 6.47. The summed E-state index contributed by atoms with van der Waals surface area (Å²) >= 11 is 2.62. The molecule has 2 unspecified atom stereocenters. The number of aliphatic hydroxyl groups excluding tert-OH is 1. The number of rotatable bonds is 14. The number of hydrogen-bond donors (Lipinski definition) is 1. The van der Waals surface area contributed by atoms with Gasteiger partial charge in [-0.25, -0.2) is 0 Å². The van der Waals surface area contributed by atoms with E-state index in [0.717, 1.165) is 22.2 Å². The number of hydrogen-bond acceptors (Lipinski definition) is 2. The molecule has 2 fully saturated rings. The van der Waals surface area contributed by atoms with Crippen LogP contribution in [0.15, 0.2) is 24.8 Å². The highest BCUT2D eigenvalue weighted by Crippen LogP contribution is 2.38. The average molecular weight is 474 g/mol. The first-order valence-corrected chi connectivity index (χ1v) is 12.1. The van der Waals surface area contributed by atoms with E-state index in [0.29, 0.717) is 12.0 Å². The SMILES string of the molecule is C=CC(CC=C[C@H]1CCC[C@@H]1CCC(I)CC[C@H]1O[C@@H]1CO)CCCC. The minimum Gasteiger partial charge on any atom is -0.394 e. The number of unbranched alkanes of at least 4 members (excludes halogenated alkanes) is 1. The summed E-state index contributed by atoms with van der Waals surface area (Å²) in [6, 6.07) is 0. The van der Waals surface area contributed by atoms with Crippen molar-refractivity contribution in [3.8, 4) is 0 Å². The largest absolute Gasteiger partial charge is 0.394 e. The van der Waals surface area contributed by atoms with E-state index in [1.54, 1.807) is 0 Å². The fraction of sp³-hybridized carbons (Fsp3) is 0.826. The Kier molecular flexibility index (Phi) is 10.8. The predicted molar refractivity (Wildman–Crippen MR) is 120 cm³/mol. The molecule has 2 aliphatic rings. The van der Waals surface area contributed by atoms with Crippen LogP contribution in [0.1, 0.15) is 77.6 Å². The van der Waals surface area contributed by atoms with Gasteiger partial charge in [0.05, 0.1) is 12.7 Å². The third-order valence-electron chi connectivity index (χ3n) is 6.28. The van der Waals surface area contributed by atoms with Crippen LogP contribution in [-0.4, -0.2) is 27.8 Å². The Hall–Kier alpha value is 0.130. The molecule has 0 radical (unpaired) electrons. The van der Waals surface area contributed by atoms with Crippen LogP contribution in [0, 0.1) is 17.8 Å². The van der Waals surface area contributed by atoms with Gasteiger partial charge in [-0.2, -0.15) is 0 Å². The van der Waals surface area contributed by atoms with E-state index in [-0.39, 0.29) is 12.7 Å². The molecule has 0 spiro atoms. The van der Waals surface area contributed by atoms with E-state index in [1.807, 2.05) is 0 Å². The van der Waals surface area contributed by atoms with Crippen molar-refractivity contribution in [2.45, 2.75) is 93.7 Å². The van der Waals surface area contributed by atoms with E-state index in [1.165, 1.54) is 64.2 Å². The molecule has 1 aliphatic heterocycles. The number of aliphatic hydroxyl groups is 1. The number of alkyl halides is 1. The molecule has 1 saturated carbocycles. The van der Waals surface area contributed by atoms with Gasteiger partial charge in [-0.05, 0) is 69.1 Å². The average Bonchev–Trinajstić information content (AvgIpc) is 3.29. The second kappa shape index (κ2) is 12.6. The first-order chi connectivity index (χ1) is 12.7. The third kappa shape index (κ3) is 8.02.